The van der Waals surface area contributed by atoms with Gasteiger partial charge in [0, 0.05) is 38.3 Å². The molecule has 3 unspecified atom stereocenters. The number of hydrogen-bond acceptors (Lipinski definition) is 3. The van der Waals surface area contributed by atoms with Crippen LogP contribution in [-0.2, 0) is 4.74 Å². The maximum atomic E-state index is 6.02. The fourth-order valence-corrected chi connectivity index (χ4v) is 4.35. The predicted molar refractivity (Wildman–Crippen MR) is 71.7 cm³/mol. The summed E-state index contributed by atoms with van der Waals surface area (Å²) < 4.78 is 6.02. The molecule has 4 fully saturated rings. The summed E-state index contributed by atoms with van der Waals surface area (Å²) in [5.74, 6) is 0.905. The summed E-state index contributed by atoms with van der Waals surface area (Å²) >= 11 is 0. The number of nitrogens with zero attached hydrogens (tertiary/aromatic N) is 2. The van der Waals surface area contributed by atoms with E-state index < -0.39 is 0 Å². The number of piperidine rings is 1. The van der Waals surface area contributed by atoms with Crippen molar-refractivity contribution < 1.29 is 4.74 Å². The zero-order valence-corrected chi connectivity index (χ0v) is 11.4. The van der Waals surface area contributed by atoms with Gasteiger partial charge in [0.2, 0.25) is 0 Å². The van der Waals surface area contributed by atoms with Crippen molar-refractivity contribution >= 4 is 0 Å². The van der Waals surface area contributed by atoms with Crippen LogP contribution in [0.4, 0.5) is 0 Å². The fourth-order valence-electron chi connectivity index (χ4n) is 4.35. The highest BCUT2D eigenvalue weighted by Crippen LogP contribution is 2.41. The second-order valence-electron chi connectivity index (χ2n) is 6.71. The Morgan fingerprint density at radius 2 is 1.72 bits per heavy atom. The van der Waals surface area contributed by atoms with Crippen LogP contribution in [0.25, 0.3) is 0 Å². The highest BCUT2D eigenvalue weighted by Gasteiger charge is 2.44. The third-order valence-electron chi connectivity index (χ3n) is 5.53. The lowest BCUT2D eigenvalue weighted by Gasteiger charge is -2.46. The Bertz CT molecular complexity index is 305. The van der Waals surface area contributed by atoms with Crippen LogP contribution in [-0.4, -0.2) is 60.8 Å². The van der Waals surface area contributed by atoms with Gasteiger partial charge in [0.15, 0.2) is 0 Å². The molecule has 1 aliphatic carbocycles. The van der Waals surface area contributed by atoms with E-state index in [9.17, 15) is 0 Å². The Kier molecular flexibility index (Phi) is 3.10. The minimum Gasteiger partial charge on any atom is -0.376 e. The second-order valence-corrected chi connectivity index (χ2v) is 6.71. The molecule has 3 saturated heterocycles. The van der Waals surface area contributed by atoms with Crippen molar-refractivity contribution in [2.45, 2.75) is 56.7 Å². The summed E-state index contributed by atoms with van der Waals surface area (Å²) in [4.78, 5) is 5.52. The molecule has 1 saturated carbocycles. The zero-order valence-electron chi connectivity index (χ0n) is 11.4. The Balaban J connectivity index is 1.42. The number of rotatable bonds is 2. The van der Waals surface area contributed by atoms with Gasteiger partial charge < -0.3 is 4.74 Å². The van der Waals surface area contributed by atoms with Crippen LogP contribution in [0, 0.1) is 5.92 Å². The van der Waals surface area contributed by atoms with Crippen molar-refractivity contribution in [1.29, 1.82) is 0 Å². The average molecular weight is 250 g/mol. The van der Waals surface area contributed by atoms with E-state index in [4.69, 9.17) is 4.74 Å². The minimum absolute atomic E-state index is 0.583. The highest BCUT2D eigenvalue weighted by atomic mass is 16.5. The van der Waals surface area contributed by atoms with Gasteiger partial charge in [-0.3, -0.25) is 9.80 Å². The predicted octanol–water partition coefficient (Wildman–Crippen LogP) is 1.72. The van der Waals surface area contributed by atoms with E-state index in [1.165, 1.54) is 64.7 Å². The molecule has 0 aromatic heterocycles. The number of ether oxygens (including phenoxy) is 1. The van der Waals surface area contributed by atoms with Gasteiger partial charge in [-0.25, -0.2) is 0 Å². The Morgan fingerprint density at radius 1 is 0.833 bits per heavy atom. The van der Waals surface area contributed by atoms with Gasteiger partial charge in [-0.05, 0) is 44.6 Å². The van der Waals surface area contributed by atoms with Crippen LogP contribution in [0.5, 0.6) is 0 Å². The molecule has 18 heavy (non-hydrogen) atoms. The summed E-state index contributed by atoms with van der Waals surface area (Å²) in [5.41, 5.74) is 0. The highest BCUT2D eigenvalue weighted by molar-refractivity contribution is 4.97. The molecule has 0 bridgehead atoms. The quantitative estimate of drug-likeness (QED) is 0.742. The molecule has 0 N–H and O–H groups in total. The molecule has 3 nitrogen and oxygen atoms in total. The van der Waals surface area contributed by atoms with Gasteiger partial charge in [-0.15, -0.1) is 0 Å². The van der Waals surface area contributed by atoms with Crippen molar-refractivity contribution in [3.05, 3.63) is 0 Å². The molecule has 0 spiro atoms. The molecule has 0 aromatic carbocycles. The first-order chi connectivity index (χ1) is 8.92. The Morgan fingerprint density at radius 3 is 2.61 bits per heavy atom. The molecule has 102 valence electrons. The first-order valence-electron chi connectivity index (χ1n) is 8.01. The van der Waals surface area contributed by atoms with Crippen LogP contribution in [0.15, 0.2) is 0 Å². The van der Waals surface area contributed by atoms with Gasteiger partial charge in [0.25, 0.3) is 0 Å². The smallest absolute Gasteiger partial charge is 0.0759 e. The zero-order chi connectivity index (χ0) is 11.9. The van der Waals surface area contributed by atoms with E-state index in [2.05, 4.69) is 9.80 Å². The van der Waals surface area contributed by atoms with Gasteiger partial charge in [-0.1, -0.05) is 6.42 Å². The van der Waals surface area contributed by atoms with Gasteiger partial charge in [0.1, 0.15) is 0 Å². The van der Waals surface area contributed by atoms with Crippen LogP contribution < -0.4 is 0 Å². The summed E-state index contributed by atoms with van der Waals surface area (Å²) in [6.07, 6.45) is 9.01. The van der Waals surface area contributed by atoms with Crippen LogP contribution in [0.3, 0.4) is 0 Å². The second kappa shape index (κ2) is 4.77. The summed E-state index contributed by atoms with van der Waals surface area (Å²) in [6.45, 7) is 6.27. The molecule has 3 heterocycles. The molecular formula is C15H26N2O. The van der Waals surface area contributed by atoms with Crippen molar-refractivity contribution in [3.63, 3.8) is 0 Å². The lowest BCUT2D eigenvalue weighted by atomic mass is 9.96. The largest absolute Gasteiger partial charge is 0.376 e. The molecular weight excluding hydrogens is 224 g/mol. The standard InChI is InChI=1S/C15H26N2O/c1-2-7-16-8-9-17(11-13(16)3-1)14-6-10-18-15(14)12-4-5-12/h12-15H,1-11H2. The molecule has 4 rings (SSSR count). The van der Waals surface area contributed by atoms with Crippen LogP contribution in [0.2, 0.25) is 0 Å². The van der Waals surface area contributed by atoms with Crippen molar-refractivity contribution in [2.75, 3.05) is 32.8 Å². The molecule has 3 aliphatic heterocycles. The van der Waals surface area contributed by atoms with Crippen molar-refractivity contribution in [1.82, 2.24) is 9.80 Å². The summed E-state index contributed by atoms with van der Waals surface area (Å²) in [6, 6.07) is 1.61. The van der Waals surface area contributed by atoms with Crippen LogP contribution >= 0.6 is 0 Å². The van der Waals surface area contributed by atoms with Gasteiger partial charge >= 0.3 is 0 Å². The van der Waals surface area contributed by atoms with Gasteiger partial charge in [-0.2, -0.15) is 0 Å². The lowest BCUT2D eigenvalue weighted by molar-refractivity contribution is -0.00536. The first kappa shape index (κ1) is 11.7. The molecule has 0 aromatic rings. The SMILES string of the molecule is C1CCN2CCN(C3CCOC3C3CC3)CC2C1. The number of hydrogen-bond donors (Lipinski definition) is 0. The lowest BCUT2D eigenvalue weighted by Crippen LogP contribution is -2.58. The van der Waals surface area contributed by atoms with E-state index in [1.807, 2.05) is 0 Å². The molecule has 3 atom stereocenters. The molecule has 0 radical (unpaired) electrons. The fraction of sp³-hybridized carbons (Fsp3) is 1.00. The third kappa shape index (κ3) is 2.10. The van der Waals surface area contributed by atoms with E-state index >= 15 is 0 Å². The topological polar surface area (TPSA) is 15.7 Å². The number of piperazine rings is 1. The van der Waals surface area contributed by atoms with E-state index in [-0.39, 0.29) is 0 Å². The average Bonchev–Trinajstić information content (AvgIpc) is 3.16. The minimum atomic E-state index is 0.583. The Hall–Kier alpha value is -0.120. The molecule has 4 aliphatic rings. The number of fused-ring (bicyclic) bond motifs is 1. The Labute approximate surface area is 110 Å². The summed E-state index contributed by atoms with van der Waals surface area (Å²) in [5, 5.41) is 0. The maximum Gasteiger partial charge on any atom is 0.0759 e. The normalized spacial score (nSPS) is 43.0. The van der Waals surface area contributed by atoms with E-state index in [0.29, 0.717) is 6.10 Å². The first-order valence-corrected chi connectivity index (χ1v) is 8.01. The van der Waals surface area contributed by atoms with Gasteiger partial charge in [0.05, 0.1) is 6.10 Å². The monoisotopic (exact) mass is 250 g/mol. The molecule has 3 heteroatoms. The van der Waals surface area contributed by atoms with Crippen LogP contribution in [0.1, 0.15) is 38.5 Å². The van der Waals surface area contributed by atoms with Crippen molar-refractivity contribution in [3.8, 4) is 0 Å². The third-order valence-corrected chi connectivity index (χ3v) is 5.53. The summed E-state index contributed by atoms with van der Waals surface area (Å²) in [7, 11) is 0. The van der Waals surface area contributed by atoms with E-state index in [0.717, 1.165) is 24.6 Å². The van der Waals surface area contributed by atoms with Crippen molar-refractivity contribution in [2.24, 2.45) is 5.92 Å². The van der Waals surface area contributed by atoms with E-state index in [1.54, 1.807) is 0 Å². The maximum absolute atomic E-state index is 6.02. The molecule has 0 amide bonds.